The van der Waals surface area contributed by atoms with Gasteiger partial charge < -0.3 is 5.73 Å². The Labute approximate surface area is 120 Å². The molecule has 4 heteroatoms. The van der Waals surface area contributed by atoms with Gasteiger partial charge >= 0.3 is 0 Å². The first kappa shape index (κ1) is 16.1. The van der Waals surface area contributed by atoms with Crippen molar-refractivity contribution < 1.29 is 4.39 Å². The zero-order valence-electron chi connectivity index (χ0n) is 12.1. The number of thiocarbonyl (C=S) groups is 1. The first-order chi connectivity index (χ1) is 8.81. The van der Waals surface area contributed by atoms with Gasteiger partial charge in [0.2, 0.25) is 0 Å². The van der Waals surface area contributed by atoms with E-state index < -0.39 is 0 Å². The molecule has 0 saturated carbocycles. The van der Waals surface area contributed by atoms with Crippen LogP contribution in [-0.2, 0) is 6.54 Å². The normalized spacial score (nSPS) is 11.6. The van der Waals surface area contributed by atoms with Crippen molar-refractivity contribution in [2.24, 2.45) is 11.7 Å². The SMILES string of the molecule is CC(C)CN(Cc1cc(C(N)=S)ccc1F)C(C)C. The summed E-state index contributed by atoms with van der Waals surface area (Å²) >= 11 is 4.94. The van der Waals surface area contributed by atoms with Crippen LogP contribution in [0, 0.1) is 11.7 Å². The molecule has 1 rings (SSSR count). The average molecular weight is 282 g/mol. The fourth-order valence-electron chi connectivity index (χ4n) is 1.99. The second-order valence-electron chi connectivity index (χ2n) is 5.59. The molecule has 2 N–H and O–H groups in total. The summed E-state index contributed by atoms with van der Waals surface area (Å²) in [6, 6.07) is 5.20. The van der Waals surface area contributed by atoms with Crippen molar-refractivity contribution in [3.05, 3.63) is 35.1 Å². The van der Waals surface area contributed by atoms with Gasteiger partial charge in [-0.3, -0.25) is 4.90 Å². The molecule has 19 heavy (non-hydrogen) atoms. The lowest BCUT2D eigenvalue weighted by atomic mass is 10.1. The number of halogens is 1. The summed E-state index contributed by atoms with van der Waals surface area (Å²) in [5, 5.41) is 0. The lowest BCUT2D eigenvalue weighted by molar-refractivity contribution is 0.187. The van der Waals surface area contributed by atoms with Crippen molar-refractivity contribution in [2.75, 3.05) is 6.54 Å². The topological polar surface area (TPSA) is 29.3 Å². The second-order valence-corrected chi connectivity index (χ2v) is 6.03. The average Bonchev–Trinajstić information content (AvgIpc) is 2.29. The number of hydrogen-bond donors (Lipinski definition) is 1. The van der Waals surface area contributed by atoms with Crippen LogP contribution in [0.25, 0.3) is 0 Å². The van der Waals surface area contributed by atoms with E-state index in [4.69, 9.17) is 18.0 Å². The van der Waals surface area contributed by atoms with Crippen molar-refractivity contribution in [2.45, 2.75) is 40.3 Å². The number of hydrogen-bond acceptors (Lipinski definition) is 2. The highest BCUT2D eigenvalue weighted by atomic mass is 32.1. The molecule has 0 bridgehead atoms. The number of benzene rings is 1. The van der Waals surface area contributed by atoms with E-state index in [0.717, 1.165) is 12.1 Å². The Kier molecular flexibility index (Phi) is 5.88. The molecule has 0 heterocycles. The maximum Gasteiger partial charge on any atom is 0.127 e. The van der Waals surface area contributed by atoms with E-state index in [0.29, 0.717) is 29.1 Å². The molecular formula is C15H23FN2S. The summed E-state index contributed by atoms with van der Waals surface area (Å²) in [5.41, 5.74) is 6.97. The van der Waals surface area contributed by atoms with E-state index in [-0.39, 0.29) is 5.82 Å². The van der Waals surface area contributed by atoms with Crippen molar-refractivity contribution in [3.8, 4) is 0 Å². The van der Waals surface area contributed by atoms with Crippen LogP contribution in [0.2, 0.25) is 0 Å². The van der Waals surface area contributed by atoms with Crippen molar-refractivity contribution >= 4 is 17.2 Å². The summed E-state index contributed by atoms with van der Waals surface area (Å²) in [5.74, 6) is 0.346. The minimum atomic E-state index is -0.200. The van der Waals surface area contributed by atoms with Crippen molar-refractivity contribution in [1.29, 1.82) is 0 Å². The van der Waals surface area contributed by atoms with Crippen LogP contribution in [-0.4, -0.2) is 22.5 Å². The molecule has 0 atom stereocenters. The van der Waals surface area contributed by atoms with Crippen LogP contribution < -0.4 is 5.73 Å². The molecule has 0 aliphatic heterocycles. The standard InChI is InChI=1S/C15H23FN2S/c1-10(2)8-18(11(3)4)9-13-7-12(15(17)19)5-6-14(13)16/h5-7,10-11H,8-9H2,1-4H3,(H2,17,19). The first-order valence-electron chi connectivity index (χ1n) is 6.63. The third-order valence-electron chi connectivity index (χ3n) is 3.03. The Morgan fingerprint density at radius 1 is 1.32 bits per heavy atom. The first-order valence-corrected chi connectivity index (χ1v) is 7.04. The van der Waals surface area contributed by atoms with Gasteiger partial charge in [-0.25, -0.2) is 4.39 Å². The van der Waals surface area contributed by atoms with E-state index >= 15 is 0 Å². The third kappa shape index (κ3) is 4.88. The van der Waals surface area contributed by atoms with E-state index in [2.05, 4.69) is 32.6 Å². The molecule has 1 aromatic carbocycles. The molecule has 0 fully saturated rings. The van der Waals surface area contributed by atoms with Gasteiger partial charge in [-0.1, -0.05) is 26.1 Å². The smallest absolute Gasteiger partial charge is 0.127 e. The zero-order valence-corrected chi connectivity index (χ0v) is 12.9. The molecule has 0 spiro atoms. The van der Waals surface area contributed by atoms with Crippen LogP contribution in [0.5, 0.6) is 0 Å². The summed E-state index contributed by atoms with van der Waals surface area (Å²) < 4.78 is 13.9. The second kappa shape index (κ2) is 6.96. The van der Waals surface area contributed by atoms with Gasteiger partial charge in [0.25, 0.3) is 0 Å². The van der Waals surface area contributed by atoms with Gasteiger partial charge in [-0.2, -0.15) is 0 Å². The van der Waals surface area contributed by atoms with E-state index in [1.54, 1.807) is 12.1 Å². The van der Waals surface area contributed by atoms with Crippen LogP contribution in [0.3, 0.4) is 0 Å². The maximum absolute atomic E-state index is 13.9. The maximum atomic E-state index is 13.9. The zero-order chi connectivity index (χ0) is 14.6. The Hall–Kier alpha value is -1.00. The van der Waals surface area contributed by atoms with Gasteiger partial charge in [-0.05, 0) is 38.0 Å². The Bertz CT molecular complexity index is 444. The molecular weight excluding hydrogens is 259 g/mol. The largest absolute Gasteiger partial charge is 0.389 e. The Balaban J connectivity index is 2.95. The fourth-order valence-corrected chi connectivity index (χ4v) is 2.12. The van der Waals surface area contributed by atoms with Gasteiger partial charge in [0.05, 0.1) is 0 Å². The minimum absolute atomic E-state index is 0.200. The molecule has 0 aliphatic rings. The molecule has 2 nitrogen and oxygen atoms in total. The summed E-state index contributed by atoms with van der Waals surface area (Å²) in [4.78, 5) is 2.56. The molecule has 0 aliphatic carbocycles. The highest BCUT2D eigenvalue weighted by Crippen LogP contribution is 2.16. The Morgan fingerprint density at radius 2 is 1.95 bits per heavy atom. The van der Waals surface area contributed by atoms with Crippen LogP contribution >= 0.6 is 12.2 Å². The molecule has 0 amide bonds. The van der Waals surface area contributed by atoms with Crippen LogP contribution in [0.15, 0.2) is 18.2 Å². The van der Waals surface area contributed by atoms with E-state index in [1.165, 1.54) is 6.07 Å². The monoisotopic (exact) mass is 282 g/mol. The molecule has 0 radical (unpaired) electrons. The predicted molar refractivity (Wildman–Crippen MR) is 82.7 cm³/mol. The lowest BCUT2D eigenvalue weighted by Gasteiger charge is -2.28. The molecule has 0 unspecified atom stereocenters. The van der Waals surface area contributed by atoms with Gasteiger partial charge in [-0.15, -0.1) is 0 Å². The number of nitrogens with two attached hydrogens (primary N) is 1. The lowest BCUT2D eigenvalue weighted by Crippen LogP contribution is -2.34. The predicted octanol–water partition coefficient (Wildman–Crippen LogP) is 3.33. The minimum Gasteiger partial charge on any atom is -0.389 e. The quantitative estimate of drug-likeness (QED) is 0.812. The van der Waals surface area contributed by atoms with Gasteiger partial charge in [0.1, 0.15) is 10.8 Å². The van der Waals surface area contributed by atoms with Crippen LogP contribution in [0.1, 0.15) is 38.8 Å². The van der Waals surface area contributed by atoms with Crippen molar-refractivity contribution in [3.63, 3.8) is 0 Å². The van der Waals surface area contributed by atoms with E-state index in [9.17, 15) is 4.39 Å². The highest BCUT2D eigenvalue weighted by Gasteiger charge is 2.14. The molecule has 1 aromatic rings. The summed E-state index contributed by atoms with van der Waals surface area (Å²) in [7, 11) is 0. The Morgan fingerprint density at radius 3 is 2.42 bits per heavy atom. The summed E-state index contributed by atoms with van der Waals surface area (Å²) in [6.07, 6.45) is 0. The summed E-state index contributed by atoms with van der Waals surface area (Å²) in [6.45, 7) is 10.1. The van der Waals surface area contributed by atoms with Gasteiger partial charge in [0.15, 0.2) is 0 Å². The molecule has 106 valence electrons. The van der Waals surface area contributed by atoms with Crippen LogP contribution in [0.4, 0.5) is 4.39 Å². The number of rotatable bonds is 6. The third-order valence-corrected chi connectivity index (χ3v) is 3.27. The van der Waals surface area contributed by atoms with Crippen molar-refractivity contribution in [1.82, 2.24) is 4.90 Å². The van der Waals surface area contributed by atoms with Gasteiger partial charge in [0, 0.05) is 30.3 Å². The fraction of sp³-hybridized carbons (Fsp3) is 0.533. The molecule has 0 saturated heterocycles. The number of nitrogens with zero attached hydrogens (tertiary/aromatic N) is 1. The highest BCUT2D eigenvalue weighted by molar-refractivity contribution is 7.80. The van der Waals surface area contributed by atoms with E-state index in [1.807, 2.05) is 0 Å². The molecule has 0 aromatic heterocycles.